The SMILES string of the molecule is O=c1ccc2o[nH]ccc=2c1=O. The van der Waals surface area contributed by atoms with Gasteiger partial charge in [0.15, 0.2) is 5.42 Å². The van der Waals surface area contributed by atoms with Crippen LogP contribution in [0.3, 0.4) is 0 Å². The van der Waals surface area contributed by atoms with Gasteiger partial charge in [-0.1, -0.05) is 0 Å². The van der Waals surface area contributed by atoms with E-state index in [1.54, 1.807) is 0 Å². The Balaban J connectivity index is 3.26. The number of H-pyrrole nitrogens is 1. The summed E-state index contributed by atoms with van der Waals surface area (Å²) in [5, 5.41) is 2.77. The summed E-state index contributed by atoms with van der Waals surface area (Å²) >= 11 is 0. The summed E-state index contributed by atoms with van der Waals surface area (Å²) in [6.07, 6.45) is 1.46. The predicted molar refractivity (Wildman–Crippen MR) is 40.9 cm³/mol. The van der Waals surface area contributed by atoms with Crippen LogP contribution in [0.25, 0.3) is 0 Å². The van der Waals surface area contributed by atoms with Crippen molar-refractivity contribution in [2.45, 2.75) is 0 Å². The predicted octanol–water partition coefficient (Wildman–Crippen LogP) is 0.0529. The van der Waals surface area contributed by atoms with E-state index in [2.05, 4.69) is 5.16 Å². The van der Waals surface area contributed by atoms with Crippen LogP contribution in [0.1, 0.15) is 0 Å². The average Bonchev–Trinajstić information content (AvgIpc) is 2.12. The van der Waals surface area contributed by atoms with Gasteiger partial charge >= 0.3 is 0 Å². The third kappa shape index (κ3) is 0.852. The molecule has 60 valence electrons. The highest BCUT2D eigenvalue weighted by Crippen LogP contribution is 1.87. The van der Waals surface area contributed by atoms with E-state index < -0.39 is 10.9 Å². The minimum absolute atomic E-state index is 0.307. The number of hydrogen-bond donors (Lipinski definition) is 1. The fourth-order valence-corrected chi connectivity index (χ4v) is 1.02. The van der Waals surface area contributed by atoms with Crippen molar-refractivity contribution in [1.29, 1.82) is 0 Å². The first-order valence-electron chi connectivity index (χ1n) is 3.39. The van der Waals surface area contributed by atoms with Crippen LogP contribution in [0, 0.1) is 10.6 Å². The second-order valence-electron chi connectivity index (χ2n) is 2.36. The van der Waals surface area contributed by atoms with Crippen LogP contribution in [0.15, 0.2) is 38.5 Å². The Labute approximate surface area is 66.1 Å². The Bertz CT molecular complexity index is 566. The maximum atomic E-state index is 11.1. The van der Waals surface area contributed by atoms with E-state index >= 15 is 0 Å². The quantitative estimate of drug-likeness (QED) is 0.558. The molecule has 0 fully saturated rings. The zero-order valence-corrected chi connectivity index (χ0v) is 6.03. The van der Waals surface area contributed by atoms with Gasteiger partial charge < -0.3 is 4.52 Å². The van der Waals surface area contributed by atoms with Crippen molar-refractivity contribution < 1.29 is 4.52 Å². The third-order valence-electron chi connectivity index (χ3n) is 1.61. The Morgan fingerprint density at radius 1 is 1.17 bits per heavy atom. The smallest absolute Gasteiger partial charge is 0.236 e. The summed E-state index contributed by atoms with van der Waals surface area (Å²) in [6, 6.07) is 4.18. The van der Waals surface area contributed by atoms with Crippen LogP contribution < -0.4 is 10.9 Å². The number of aromatic amines is 1. The molecule has 0 aromatic heterocycles. The minimum Gasteiger partial charge on any atom is -0.382 e. The molecular weight excluding hydrogens is 158 g/mol. The molecular formula is C8H5NO3. The molecule has 0 saturated heterocycles. The fraction of sp³-hybridized carbons (Fsp3) is 0. The molecule has 2 rings (SSSR count). The topological polar surface area (TPSA) is 63.1 Å². The maximum absolute atomic E-state index is 11.1. The number of rotatable bonds is 0. The second kappa shape index (κ2) is 2.34. The molecule has 1 aliphatic carbocycles. The van der Waals surface area contributed by atoms with Crippen LogP contribution in [-0.2, 0) is 0 Å². The summed E-state index contributed by atoms with van der Waals surface area (Å²) in [5.41, 5.74) is -0.642. The maximum Gasteiger partial charge on any atom is 0.236 e. The number of hydrogen-bond acceptors (Lipinski definition) is 3. The molecule has 12 heavy (non-hydrogen) atoms. The van der Waals surface area contributed by atoms with Gasteiger partial charge in [0.2, 0.25) is 10.9 Å². The summed E-state index contributed by atoms with van der Waals surface area (Å²) < 4.78 is 4.88. The summed E-state index contributed by atoms with van der Waals surface area (Å²) in [4.78, 5) is 22.0. The molecule has 4 heteroatoms. The zero-order chi connectivity index (χ0) is 8.55. The first-order chi connectivity index (χ1) is 5.79. The van der Waals surface area contributed by atoms with Crippen molar-refractivity contribution >= 4 is 0 Å². The van der Waals surface area contributed by atoms with Gasteiger partial charge in [-0.3, -0.25) is 9.59 Å². The molecule has 0 bridgehead atoms. The molecule has 2 aliphatic rings. The van der Waals surface area contributed by atoms with Gasteiger partial charge in [-0.05, 0) is 18.2 Å². The monoisotopic (exact) mass is 163 g/mol. The molecule has 1 N–H and O–H groups in total. The average molecular weight is 163 g/mol. The third-order valence-corrected chi connectivity index (χ3v) is 1.61. The van der Waals surface area contributed by atoms with Crippen molar-refractivity contribution in [1.82, 2.24) is 5.16 Å². The van der Waals surface area contributed by atoms with Crippen molar-refractivity contribution in [3.63, 3.8) is 0 Å². The van der Waals surface area contributed by atoms with Gasteiger partial charge in [0.05, 0.1) is 5.22 Å². The summed E-state index contributed by atoms with van der Waals surface area (Å²) in [7, 11) is 0. The Morgan fingerprint density at radius 2 is 2.00 bits per heavy atom. The largest absolute Gasteiger partial charge is 0.382 e. The van der Waals surface area contributed by atoms with Gasteiger partial charge in [-0.2, -0.15) is 0 Å². The van der Waals surface area contributed by atoms with Crippen LogP contribution in [0.2, 0.25) is 0 Å². The molecule has 0 atom stereocenters. The minimum atomic E-state index is -0.523. The second-order valence-corrected chi connectivity index (χ2v) is 2.36. The highest BCUT2D eigenvalue weighted by molar-refractivity contribution is 5.07. The molecule has 0 saturated carbocycles. The van der Waals surface area contributed by atoms with E-state index in [9.17, 15) is 9.59 Å². The van der Waals surface area contributed by atoms with E-state index in [1.807, 2.05) is 0 Å². The normalized spacial score (nSPS) is 10.3. The van der Waals surface area contributed by atoms with Gasteiger partial charge in [-0.15, -0.1) is 0 Å². The Hall–Kier alpha value is -1.84. The zero-order valence-electron chi connectivity index (χ0n) is 6.03. The lowest BCUT2D eigenvalue weighted by atomic mass is 10.3. The highest BCUT2D eigenvalue weighted by Gasteiger charge is 1.97. The van der Waals surface area contributed by atoms with Gasteiger partial charge in [0.25, 0.3) is 0 Å². The van der Waals surface area contributed by atoms with Crippen molar-refractivity contribution in [3.8, 4) is 0 Å². The molecule has 0 unspecified atom stereocenters. The lowest BCUT2D eigenvalue weighted by Crippen LogP contribution is -2.23. The molecule has 0 aromatic rings. The molecule has 0 amide bonds. The highest BCUT2D eigenvalue weighted by atomic mass is 16.5. The van der Waals surface area contributed by atoms with E-state index in [4.69, 9.17) is 4.52 Å². The first-order valence-corrected chi connectivity index (χ1v) is 3.39. The van der Waals surface area contributed by atoms with Crippen molar-refractivity contribution in [2.75, 3.05) is 0 Å². The molecule has 0 radical (unpaired) electrons. The van der Waals surface area contributed by atoms with E-state index in [0.29, 0.717) is 10.6 Å². The van der Waals surface area contributed by atoms with Gasteiger partial charge in [0.1, 0.15) is 0 Å². The van der Waals surface area contributed by atoms with E-state index in [0.717, 1.165) is 0 Å². The first kappa shape index (κ1) is 6.84. The van der Waals surface area contributed by atoms with Crippen LogP contribution in [0.5, 0.6) is 0 Å². The van der Waals surface area contributed by atoms with Crippen molar-refractivity contribution in [2.24, 2.45) is 0 Å². The molecule has 4 nitrogen and oxygen atoms in total. The van der Waals surface area contributed by atoms with Gasteiger partial charge in [-0.25, -0.2) is 5.16 Å². The Kier molecular flexibility index (Phi) is 1.33. The standard InChI is InChI=1S/C8H5NO3/c10-6-1-2-7-5(8(6)11)3-4-9-12-7/h1-4,9H. The van der Waals surface area contributed by atoms with Crippen LogP contribution >= 0.6 is 0 Å². The summed E-state index contributed by atoms with van der Waals surface area (Å²) in [5.74, 6) is 0. The fourth-order valence-electron chi connectivity index (χ4n) is 1.02. The molecule has 0 spiro atoms. The van der Waals surface area contributed by atoms with E-state index in [-0.39, 0.29) is 0 Å². The van der Waals surface area contributed by atoms with Crippen LogP contribution in [-0.4, -0.2) is 5.16 Å². The van der Waals surface area contributed by atoms with Gasteiger partial charge in [0, 0.05) is 6.20 Å². The molecule has 0 aromatic carbocycles. The Morgan fingerprint density at radius 3 is 2.83 bits per heavy atom. The molecule has 1 aliphatic heterocycles. The van der Waals surface area contributed by atoms with Crippen molar-refractivity contribution in [3.05, 3.63) is 55.5 Å². The number of aromatic nitrogens is 1. The number of nitrogens with one attached hydrogen (secondary N) is 1. The summed E-state index contributed by atoms with van der Waals surface area (Å²) in [6.45, 7) is 0. The lowest BCUT2D eigenvalue weighted by molar-refractivity contribution is 0.375. The van der Waals surface area contributed by atoms with Crippen LogP contribution in [0.4, 0.5) is 0 Å². The lowest BCUT2D eigenvalue weighted by Gasteiger charge is -1.87. The van der Waals surface area contributed by atoms with E-state index in [1.165, 1.54) is 24.4 Å². The molecule has 1 heterocycles.